The number of rotatable bonds is 8. The van der Waals surface area contributed by atoms with Crippen LogP contribution in [0.4, 0.5) is 0 Å². The van der Waals surface area contributed by atoms with Gasteiger partial charge in [-0.1, -0.05) is 18.2 Å². The SMILES string of the molecule is COc1ccccc1CCNC(=O)C1CCC(C(=O)NCc2ccco2)CC1. The lowest BCUT2D eigenvalue weighted by Gasteiger charge is -2.27. The van der Waals surface area contributed by atoms with Gasteiger partial charge < -0.3 is 19.8 Å². The van der Waals surface area contributed by atoms with E-state index in [2.05, 4.69) is 10.6 Å². The summed E-state index contributed by atoms with van der Waals surface area (Å²) in [5.74, 6) is 1.70. The molecule has 0 saturated heterocycles. The summed E-state index contributed by atoms with van der Waals surface area (Å²) in [5.41, 5.74) is 1.09. The fourth-order valence-corrected chi connectivity index (χ4v) is 3.72. The lowest BCUT2D eigenvalue weighted by molar-refractivity contribution is -0.130. The van der Waals surface area contributed by atoms with Gasteiger partial charge in [-0.25, -0.2) is 0 Å². The van der Waals surface area contributed by atoms with Crippen LogP contribution in [0.2, 0.25) is 0 Å². The lowest BCUT2D eigenvalue weighted by atomic mass is 9.81. The lowest BCUT2D eigenvalue weighted by Crippen LogP contribution is -2.37. The third-order valence-electron chi connectivity index (χ3n) is 5.37. The molecule has 2 N–H and O–H groups in total. The number of para-hydroxylation sites is 1. The van der Waals surface area contributed by atoms with Gasteiger partial charge in [0.15, 0.2) is 0 Å². The van der Waals surface area contributed by atoms with Gasteiger partial charge in [0, 0.05) is 18.4 Å². The van der Waals surface area contributed by atoms with Crippen LogP contribution in [0.15, 0.2) is 47.1 Å². The summed E-state index contributed by atoms with van der Waals surface area (Å²) >= 11 is 0. The number of amides is 2. The molecule has 0 unspecified atom stereocenters. The minimum Gasteiger partial charge on any atom is -0.496 e. The van der Waals surface area contributed by atoms with Crippen molar-refractivity contribution >= 4 is 11.8 Å². The molecule has 2 amide bonds. The normalized spacial score (nSPS) is 19.0. The van der Waals surface area contributed by atoms with Gasteiger partial charge in [-0.3, -0.25) is 9.59 Å². The van der Waals surface area contributed by atoms with Crippen molar-refractivity contribution in [2.24, 2.45) is 11.8 Å². The topological polar surface area (TPSA) is 80.6 Å². The Kier molecular flexibility index (Phi) is 7.12. The Morgan fingerprint density at radius 2 is 1.68 bits per heavy atom. The number of methoxy groups -OCH3 is 1. The summed E-state index contributed by atoms with van der Waals surface area (Å²) in [6.45, 7) is 0.998. The van der Waals surface area contributed by atoms with E-state index in [1.54, 1.807) is 19.4 Å². The van der Waals surface area contributed by atoms with Crippen LogP contribution in [-0.2, 0) is 22.6 Å². The van der Waals surface area contributed by atoms with E-state index in [9.17, 15) is 9.59 Å². The van der Waals surface area contributed by atoms with Crippen LogP contribution >= 0.6 is 0 Å². The van der Waals surface area contributed by atoms with Crippen LogP contribution in [0, 0.1) is 11.8 Å². The van der Waals surface area contributed by atoms with E-state index in [0.29, 0.717) is 13.1 Å². The number of benzene rings is 1. The number of hydrogen-bond donors (Lipinski definition) is 2. The summed E-state index contributed by atoms with van der Waals surface area (Å²) in [6.07, 6.45) is 5.32. The molecule has 2 aromatic rings. The van der Waals surface area contributed by atoms with E-state index >= 15 is 0 Å². The maximum Gasteiger partial charge on any atom is 0.223 e. The number of hydrogen-bond acceptors (Lipinski definition) is 4. The summed E-state index contributed by atoms with van der Waals surface area (Å²) in [4.78, 5) is 24.7. The van der Waals surface area contributed by atoms with E-state index < -0.39 is 0 Å². The second kappa shape index (κ2) is 9.97. The molecular weight excluding hydrogens is 356 g/mol. The molecule has 1 aliphatic rings. The first kappa shape index (κ1) is 20.0. The molecule has 3 rings (SSSR count). The molecule has 0 spiro atoms. The van der Waals surface area contributed by atoms with Crippen molar-refractivity contribution in [3.05, 3.63) is 54.0 Å². The Hall–Kier alpha value is -2.76. The second-order valence-corrected chi connectivity index (χ2v) is 7.20. The van der Waals surface area contributed by atoms with Crippen LogP contribution in [0.25, 0.3) is 0 Å². The maximum atomic E-state index is 12.4. The second-order valence-electron chi connectivity index (χ2n) is 7.20. The molecule has 150 valence electrons. The molecule has 0 aliphatic heterocycles. The number of nitrogens with one attached hydrogen (secondary N) is 2. The molecule has 0 atom stereocenters. The van der Waals surface area contributed by atoms with Crippen LogP contribution in [0.3, 0.4) is 0 Å². The molecule has 1 aromatic heterocycles. The Morgan fingerprint density at radius 1 is 1.00 bits per heavy atom. The molecule has 1 aromatic carbocycles. The molecular formula is C22H28N2O4. The van der Waals surface area contributed by atoms with Crippen molar-refractivity contribution in [1.82, 2.24) is 10.6 Å². The predicted octanol–water partition coefficient (Wildman–Crippen LogP) is 3.07. The molecule has 1 fully saturated rings. The zero-order valence-electron chi connectivity index (χ0n) is 16.3. The molecule has 0 radical (unpaired) electrons. The van der Waals surface area contributed by atoms with E-state index in [4.69, 9.17) is 9.15 Å². The average molecular weight is 384 g/mol. The highest BCUT2D eigenvalue weighted by Gasteiger charge is 2.29. The standard InChI is InChI=1S/C22H28N2O4/c1-27-20-7-3-2-5-16(20)12-13-23-21(25)17-8-10-18(11-9-17)22(26)24-15-19-6-4-14-28-19/h2-7,14,17-18H,8-13,15H2,1H3,(H,23,25)(H,24,26). The number of carbonyl (C=O) groups excluding carboxylic acids is 2. The average Bonchev–Trinajstić information content (AvgIpc) is 3.26. The minimum absolute atomic E-state index is 0.00760. The summed E-state index contributed by atoms with van der Waals surface area (Å²) in [6, 6.07) is 11.5. The number of carbonyl (C=O) groups is 2. The van der Waals surface area contributed by atoms with Gasteiger partial charge in [0.1, 0.15) is 11.5 Å². The number of ether oxygens (including phenoxy) is 1. The van der Waals surface area contributed by atoms with Crippen molar-refractivity contribution in [3.8, 4) is 5.75 Å². The van der Waals surface area contributed by atoms with Gasteiger partial charge in [0.25, 0.3) is 0 Å². The molecule has 6 nitrogen and oxygen atoms in total. The number of furan rings is 1. The zero-order chi connectivity index (χ0) is 19.8. The fourth-order valence-electron chi connectivity index (χ4n) is 3.72. The highest BCUT2D eigenvalue weighted by molar-refractivity contribution is 5.81. The molecule has 0 bridgehead atoms. The fraction of sp³-hybridized carbons (Fsp3) is 0.455. The highest BCUT2D eigenvalue weighted by atomic mass is 16.5. The Labute approximate surface area is 165 Å². The third-order valence-corrected chi connectivity index (χ3v) is 5.37. The van der Waals surface area contributed by atoms with Crippen molar-refractivity contribution in [2.75, 3.05) is 13.7 Å². The van der Waals surface area contributed by atoms with Gasteiger partial charge in [0.05, 0.1) is 19.9 Å². The summed E-state index contributed by atoms with van der Waals surface area (Å²) < 4.78 is 10.6. The van der Waals surface area contributed by atoms with Gasteiger partial charge in [-0.05, 0) is 55.9 Å². The first-order valence-corrected chi connectivity index (χ1v) is 9.87. The summed E-state index contributed by atoms with van der Waals surface area (Å²) in [5, 5.41) is 5.95. The van der Waals surface area contributed by atoms with Crippen molar-refractivity contribution < 1.29 is 18.7 Å². The van der Waals surface area contributed by atoms with E-state index in [1.165, 1.54) is 0 Å². The first-order valence-electron chi connectivity index (χ1n) is 9.87. The van der Waals surface area contributed by atoms with Crippen LogP contribution in [0.1, 0.15) is 37.0 Å². The monoisotopic (exact) mass is 384 g/mol. The van der Waals surface area contributed by atoms with Gasteiger partial charge in [0.2, 0.25) is 11.8 Å². The molecule has 6 heteroatoms. The maximum absolute atomic E-state index is 12.4. The molecule has 28 heavy (non-hydrogen) atoms. The molecule has 1 saturated carbocycles. The molecule has 1 aliphatic carbocycles. The van der Waals surface area contributed by atoms with Gasteiger partial charge in [-0.2, -0.15) is 0 Å². The van der Waals surface area contributed by atoms with E-state index in [-0.39, 0.29) is 23.7 Å². The van der Waals surface area contributed by atoms with Crippen molar-refractivity contribution in [2.45, 2.75) is 38.6 Å². The van der Waals surface area contributed by atoms with Crippen LogP contribution < -0.4 is 15.4 Å². The zero-order valence-corrected chi connectivity index (χ0v) is 16.3. The quantitative estimate of drug-likeness (QED) is 0.733. The largest absolute Gasteiger partial charge is 0.496 e. The van der Waals surface area contributed by atoms with Crippen LogP contribution in [-0.4, -0.2) is 25.5 Å². The summed E-state index contributed by atoms with van der Waals surface area (Å²) in [7, 11) is 1.65. The van der Waals surface area contributed by atoms with Crippen LogP contribution in [0.5, 0.6) is 5.75 Å². The van der Waals surface area contributed by atoms with Gasteiger partial charge in [-0.15, -0.1) is 0 Å². The Morgan fingerprint density at radius 3 is 2.32 bits per heavy atom. The Balaban J connectivity index is 1.37. The highest BCUT2D eigenvalue weighted by Crippen LogP contribution is 2.29. The smallest absolute Gasteiger partial charge is 0.223 e. The molecule has 1 heterocycles. The van der Waals surface area contributed by atoms with Gasteiger partial charge >= 0.3 is 0 Å². The third kappa shape index (κ3) is 5.38. The van der Waals surface area contributed by atoms with Crippen molar-refractivity contribution in [1.29, 1.82) is 0 Å². The van der Waals surface area contributed by atoms with E-state index in [1.807, 2.05) is 30.3 Å². The Bertz CT molecular complexity index is 765. The predicted molar refractivity (Wildman–Crippen MR) is 106 cm³/mol. The first-order chi connectivity index (χ1) is 13.7. The van der Waals surface area contributed by atoms with E-state index in [0.717, 1.165) is 49.2 Å². The van der Waals surface area contributed by atoms with Crippen molar-refractivity contribution in [3.63, 3.8) is 0 Å². The minimum atomic E-state index is -0.0207.